The predicted octanol–water partition coefficient (Wildman–Crippen LogP) is 4.28. The number of hydrogen-bond donors (Lipinski definition) is 2. The summed E-state index contributed by atoms with van der Waals surface area (Å²) in [6, 6.07) is 7.70. The second-order valence-electron chi connectivity index (χ2n) is 10.0. The maximum Gasteiger partial charge on any atom is 0.227 e. The Bertz CT molecular complexity index is 759. The molecule has 3 rings (SSSR count). The van der Waals surface area contributed by atoms with Gasteiger partial charge in [0.2, 0.25) is 5.91 Å². The van der Waals surface area contributed by atoms with E-state index in [1.807, 2.05) is 12.1 Å². The minimum absolute atomic E-state index is 0.00675. The van der Waals surface area contributed by atoms with E-state index in [0.29, 0.717) is 17.6 Å². The SMILES string of the molecule is CNC(=O)CC(=O)C(CCN1CCC(C)(c2cccc(O)c2)C(C)C1)C1CCCCC1. The lowest BCUT2D eigenvalue weighted by molar-refractivity contribution is -0.131. The van der Waals surface area contributed by atoms with Gasteiger partial charge in [-0.2, -0.15) is 0 Å². The van der Waals surface area contributed by atoms with Crippen LogP contribution in [0.25, 0.3) is 0 Å². The Labute approximate surface area is 187 Å². The van der Waals surface area contributed by atoms with E-state index in [1.54, 1.807) is 13.1 Å². The number of carbonyl (C=O) groups is 2. The molecule has 5 nitrogen and oxygen atoms in total. The molecule has 1 aliphatic heterocycles. The monoisotopic (exact) mass is 428 g/mol. The number of aromatic hydroxyl groups is 1. The van der Waals surface area contributed by atoms with Gasteiger partial charge >= 0.3 is 0 Å². The molecule has 1 heterocycles. The molecule has 1 aromatic rings. The quantitative estimate of drug-likeness (QED) is 0.606. The molecule has 0 spiro atoms. The van der Waals surface area contributed by atoms with Crippen LogP contribution >= 0.6 is 0 Å². The summed E-state index contributed by atoms with van der Waals surface area (Å²) in [7, 11) is 1.60. The summed E-state index contributed by atoms with van der Waals surface area (Å²) >= 11 is 0. The molecular formula is C26H40N2O3. The van der Waals surface area contributed by atoms with Crippen LogP contribution in [0.3, 0.4) is 0 Å². The third kappa shape index (κ3) is 5.88. The summed E-state index contributed by atoms with van der Waals surface area (Å²) in [5.41, 5.74) is 1.26. The van der Waals surface area contributed by atoms with Gasteiger partial charge < -0.3 is 15.3 Å². The van der Waals surface area contributed by atoms with Crippen LogP contribution < -0.4 is 5.32 Å². The third-order valence-electron chi connectivity index (χ3n) is 8.08. The average molecular weight is 429 g/mol. The maximum atomic E-state index is 13.0. The molecule has 1 saturated heterocycles. The standard InChI is InChI=1S/C26H40N2O3/c1-19-18-28(15-13-26(19,2)21-10-7-11-22(29)16-21)14-12-23(20-8-5-4-6-9-20)24(30)17-25(31)27-3/h7,10-11,16,19-20,23,29H,4-6,8-9,12-15,17-18H2,1-3H3,(H,27,31). The molecule has 0 radical (unpaired) electrons. The molecule has 2 aliphatic rings. The van der Waals surface area contributed by atoms with Crippen molar-refractivity contribution in [2.24, 2.45) is 17.8 Å². The molecule has 3 unspecified atom stereocenters. The van der Waals surface area contributed by atoms with Crippen molar-refractivity contribution in [1.29, 1.82) is 0 Å². The van der Waals surface area contributed by atoms with E-state index in [2.05, 4.69) is 30.1 Å². The van der Waals surface area contributed by atoms with E-state index in [9.17, 15) is 14.7 Å². The van der Waals surface area contributed by atoms with Crippen LogP contribution in [0.5, 0.6) is 5.75 Å². The van der Waals surface area contributed by atoms with Gasteiger partial charge in [0.1, 0.15) is 11.5 Å². The zero-order chi connectivity index (χ0) is 22.4. The van der Waals surface area contributed by atoms with E-state index < -0.39 is 0 Å². The van der Waals surface area contributed by atoms with Crippen LogP contribution in [0.4, 0.5) is 0 Å². The molecule has 31 heavy (non-hydrogen) atoms. The number of Topliss-reactive ketones (excluding diaryl/α,β-unsaturated/α-hetero) is 1. The first-order chi connectivity index (χ1) is 14.8. The highest BCUT2D eigenvalue weighted by Gasteiger charge is 2.38. The van der Waals surface area contributed by atoms with Crippen LogP contribution in [0.1, 0.15) is 70.8 Å². The molecule has 2 fully saturated rings. The fraction of sp³-hybridized carbons (Fsp3) is 0.692. The number of nitrogens with zero attached hydrogens (tertiary/aromatic N) is 1. The number of nitrogens with one attached hydrogen (secondary N) is 1. The van der Waals surface area contributed by atoms with Crippen LogP contribution in [0.15, 0.2) is 24.3 Å². The van der Waals surface area contributed by atoms with Crippen molar-refractivity contribution < 1.29 is 14.7 Å². The Morgan fingerprint density at radius 2 is 2.00 bits per heavy atom. The lowest BCUT2D eigenvalue weighted by Crippen LogP contribution is -2.48. The molecule has 0 aromatic heterocycles. The Kier molecular flexibility index (Phi) is 8.15. The summed E-state index contributed by atoms with van der Waals surface area (Å²) in [5, 5.41) is 12.5. The zero-order valence-electron chi connectivity index (χ0n) is 19.5. The second kappa shape index (κ2) is 10.6. The molecular weight excluding hydrogens is 388 g/mol. The van der Waals surface area contributed by atoms with Crippen molar-refractivity contribution >= 4 is 11.7 Å². The molecule has 1 saturated carbocycles. The number of amides is 1. The number of phenols is 1. The maximum absolute atomic E-state index is 13.0. The topological polar surface area (TPSA) is 69.6 Å². The normalized spacial score (nSPS) is 26.4. The third-order valence-corrected chi connectivity index (χ3v) is 8.08. The summed E-state index contributed by atoms with van der Waals surface area (Å²) in [4.78, 5) is 27.3. The Morgan fingerprint density at radius 1 is 1.26 bits per heavy atom. The molecule has 1 amide bonds. The van der Waals surface area contributed by atoms with Gasteiger partial charge in [-0.3, -0.25) is 9.59 Å². The van der Waals surface area contributed by atoms with Crippen molar-refractivity contribution in [2.45, 2.75) is 70.6 Å². The van der Waals surface area contributed by atoms with E-state index in [-0.39, 0.29) is 29.4 Å². The first-order valence-electron chi connectivity index (χ1n) is 12.1. The molecule has 172 valence electrons. The predicted molar refractivity (Wildman–Crippen MR) is 124 cm³/mol. The number of rotatable bonds is 8. The number of carbonyl (C=O) groups excluding carboxylic acids is 2. The molecule has 1 aromatic carbocycles. The number of ketones is 1. The van der Waals surface area contributed by atoms with Gasteiger partial charge in [-0.15, -0.1) is 0 Å². The van der Waals surface area contributed by atoms with Crippen LogP contribution in [0.2, 0.25) is 0 Å². The zero-order valence-corrected chi connectivity index (χ0v) is 19.5. The molecule has 5 heteroatoms. The van der Waals surface area contributed by atoms with E-state index in [1.165, 1.54) is 24.8 Å². The Morgan fingerprint density at radius 3 is 2.65 bits per heavy atom. The fourth-order valence-corrected chi connectivity index (χ4v) is 5.71. The smallest absolute Gasteiger partial charge is 0.227 e. The number of likely N-dealkylation sites (tertiary alicyclic amines) is 1. The highest BCUT2D eigenvalue weighted by atomic mass is 16.3. The lowest BCUT2D eigenvalue weighted by atomic mass is 9.68. The van der Waals surface area contributed by atoms with Crippen molar-refractivity contribution in [3.8, 4) is 5.75 Å². The van der Waals surface area contributed by atoms with Gasteiger partial charge in [0, 0.05) is 19.5 Å². The highest BCUT2D eigenvalue weighted by Crippen LogP contribution is 2.41. The van der Waals surface area contributed by atoms with Gasteiger partial charge in [0.05, 0.1) is 6.42 Å². The first-order valence-corrected chi connectivity index (χ1v) is 12.1. The number of hydrogen-bond acceptors (Lipinski definition) is 4. The van der Waals surface area contributed by atoms with Crippen LogP contribution in [-0.2, 0) is 15.0 Å². The molecule has 2 N–H and O–H groups in total. The van der Waals surface area contributed by atoms with Gasteiger partial charge in [-0.1, -0.05) is 45.2 Å². The summed E-state index contributed by atoms with van der Waals surface area (Å²) in [6.07, 6.45) is 7.84. The summed E-state index contributed by atoms with van der Waals surface area (Å²) < 4.78 is 0. The first kappa shape index (κ1) is 23.8. The largest absolute Gasteiger partial charge is 0.508 e. The number of benzene rings is 1. The Hall–Kier alpha value is -1.88. The van der Waals surface area contributed by atoms with Gasteiger partial charge in [0.15, 0.2) is 0 Å². The van der Waals surface area contributed by atoms with Crippen LogP contribution in [-0.4, -0.2) is 48.4 Å². The van der Waals surface area contributed by atoms with Crippen molar-refractivity contribution in [2.75, 3.05) is 26.7 Å². The molecule has 0 bridgehead atoms. The van der Waals surface area contributed by atoms with Crippen molar-refractivity contribution in [3.63, 3.8) is 0 Å². The van der Waals surface area contributed by atoms with E-state index in [4.69, 9.17) is 0 Å². The Balaban J connectivity index is 1.61. The highest BCUT2D eigenvalue weighted by molar-refractivity contribution is 5.99. The molecule has 3 atom stereocenters. The minimum atomic E-state index is -0.167. The average Bonchev–Trinajstić information content (AvgIpc) is 2.77. The van der Waals surface area contributed by atoms with Gasteiger partial charge in [0.25, 0.3) is 0 Å². The van der Waals surface area contributed by atoms with Crippen molar-refractivity contribution in [1.82, 2.24) is 10.2 Å². The number of phenolic OH excluding ortho intramolecular Hbond substituents is 1. The van der Waals surface area contributed by atoms with Crippen LogP contribution in [0, 0.1) is 17.8 Å². The fourth-order valence-electron chi connectivity index (χ4n) is 5.71. The summed E-state index contributed by atoms with van der Waals surface area (Å²) in [6.45, 7) is 7.51. The van der Waals surface area contributed by atoms with Gasteiger partial charge in [-0.05, 0) is 73.7 Å². The van der Waals surface area contributed by atoms with E-state index in [0.717, 1.165) is 45.3 Å². The number of piperidine rings is 1. The minimum Gasteiger partial charge on any atom is -0.508 e. The summed E-state index contributed by atoms with van der Waals surface area (Å²) in [5.74, 6) is 1.19. The van der Waals surface area contributed by atoms with Gasteiger partial charge in [-0.25, -0.2) is 0 Å². The van der Waals surface area contributed by atoms with E-state index >= 15 is 0 Å². The second-order valence-corrected chi connectivity index (χ2v) is 10.0. The van der Waals surface area contributed by atoms with Crippen molar-refractivity contribution in [3.05, 3.63) is 29.8 Å². The lowest BCUT2D eigenvalue weighted by Gasteiger charge is -2.45. The molecule has 1 aliphatic carbocycles.